The molecule has 0 radical (unpaired) electrons. The molecule has 3 aromatic carbocycles. The van der Waals surface area contributed by atoms with Gasteiger partial charge in [0.15, 0.2) is 17.3 Å². The highest BCUT2D eigenvalue weighted by Crippen LogP contribution is 2.49. The molecule has 0 bridgehead atoms. The molecule has 0 aromatic heterocycles. The predicted octanol–water partition coefficient (Wildman–Crippen LogP) is 4.48. The molecule has 8 heteroatoms. The Morgan fingerprint density at radius 3 is 2.43 bits per heavy atom. The molecule has 0 fully saturated rings. The largest absolute Gasteiger partial charge is 0.504 e. The molecular formula is C27H22O8. The molecule has 8 nitrogen and oxygen atoms in total. The summed E-state index contributed by atoms with van der Waals surface area (Å²) in [5.74, 6) is 0.966. The fourth-order valence-corrected chi connectivity index (χ4v) is 4.39. The van der Waals surface area contributed by atoms with Gasteiger partial charge in [0.05, 0.1) is 33.3 Å². The van der Waals surface area contributed by atoms with E-state index in [-0.39, 0.29) is 23.7 Å². The first-order valence-corrected chi connectivity index (χ1v) is 10.8. The van der Waals surface area contributed by atoms with Gasteiger partial charge in [0.1, 0.15) is 23.0 Å². The molecule has 178 valence electrons. The van der Waals surface area contributed by atoms with E-state index in [1.54, 1.807) is 61.7 Å². The number of carbonyl (C=O) groups excluding carboxylic acids is 2. The highest BCUT2D eigenvalue weighted by atomic mass is 16.5. The zero-order valence-corrected chi connectivity index (χ0v) is 19.3. The van der Waals surface area contributed by atoms with Crippen LogP contribution in [0.15, 0.2) is 54.3 Å². The van der Waals surface area contributed by atoms with Gasteiger partial charge in [0, 0.05) is 23.1 Å². The van der Waals surface area contributed by atoms with Crippen LogP contribution in [0.4, 0.5) is 0 Å². The summed E-state index contributed by atoms with van der Waals surface area (Å²) < 4.78 is 27.4. The monoisotopic (exact) mass is 474 g/mol. The SMILES string of the molecule is COc1ccc(/C=C2\Oc3c(ccc4c3[C@@H](c3ccc(OC)c(O)c3)CC(=O)O4)C2=O)c(OC)c1. The third-order valence-corrected chi connectivity index (χ3v) is 6.11. The quantitative estimate of drug-likeness (QED) is 0.328. The number of rotatable bonds is 5. The van der Waals surface area contributed by atoms with Gasteiger partial charge in [-0.25, -0.2) is 0 Å². The fourth-order valence-electron chi connectivity index (χ4n) is 4.39. The lowest BCUT2D eigenvalue weighted by molar-refractivity contribution is -0.135. The van der Waals surface area contributed by atoms with Crippen molar-refractivity contribution in [2.75, 3.05) is 21.3 Å². The molecule has 35 heavy (non-hydrogen) atoms. The molecule has 0 aliphatic carbocycles. The number of ketones is 1. The number of allylic oxidation sites excluding steroid dienone is 1. The second kappa shape index (κ2) is 8.72. The molecule has 2 aliphatic heterocycles. The molecule has 1 N–H and O–H groups in total. The number of hydrogen-bond donors (Lipinski definition) is 1. The molecule has 0 saturated heterocycles. The summed E-state index contributed by atoms with van der Waals surface area (Å²) in [6.07, 6.45) is 1.63. The number of phenolic OH excluding ortho intramolecular Hbond substituents is 1. The molecule has 0 amide bonds. The Balaban J connectivity index is 1.59. The van der Waals surface area contributed by atoms with Gasteiger partial charge >= 0.3 is 5.97 Å². The number of aromatic hydroxyl groups is 1. The average molecular weight is 474 g/mol. The van der Waals surface area contributed by atoms with Crippen molar-refractivity contribution < 1.29 is 38.4 Å². The van der Waals surface area contributed by atoms with E-state index in [9.17, 15) is 14.7 Å². The van der Waals surface area contributed by atoms with E-state index < -0.39 is 11.9 Å². The van der Waals surface area contributed by atoms with Crippen LogP contribution < -0.4 is 23.7 Å². The highest BCUT2D eigenvalue weighted by Gasteiger charge is 2.38. The maximum Gasteiger partial charge on any atom is 0.312 e. The van der Waals surface area contributed by atoms with E-state index in [1.807, 2.05) is 0 Å². The smallest absolute Gasteiger partial charge is 0.312 e. The van der Waals surface area contributed by atoms with Gasteiger partial charge in [0.25, 0.3) is 0 Å². The van der Waals surface area contributed by atoms with Crippen molar-refractivity contribution in [3.63, 3.8) is 0 Å². The van der Waals surface area contributed by atoms with Crippen molar-refractivity contribution in [2.45, 2.75) is 12.3 Å². The summed E-state index contributed by atoms with van der Waals surface area (Å²) in [5, 5.41) is 10.3. The lowest BCUT2D eigenvalue weighted by atomic mass is 9.84. The van der Waals surface area contributed by atoms with E-state index in [2.05, 4.69) is 0 Å². The van der Waals surface area contributed by atoms with Crippen LogP contribution in [0.3, 0.4) is 0 Å². The first-order chi connectivity index (χ1) is 16.9. The third-order valence-electron chi connectivity index (χ3n) is 6.11. The van der Waals surface area contributed by atoms with Gasteiger partial charge in [-0.1, -0.05) is 6.07 Å². The zero-order chi connectivity index (χ0) is 24.7. The lowest BCUT2D eigenvalue weighted by Gasteiger charge is -2.26. The predicted molar refractivity (Wildman–Crippen MR) is 126 cm³/mol. The van der Waals surface area contributed by atoms with E-state index in [1.165, 1.54) is 14.2 Å². The number of Topliss-reactive ketones (excluding diaryl/α,β-unsaturated/α-hetero) is 1. The van der Waals surface area contributed by atoms with Crippen LogP contribution in [0, 0.1) is 0 Å². The fraction of sp³-hybridized carbons (Fsp3) is 0.185. The minimum Gasteiger partial charge on any atom is -0.504 e. The standard InChI is InChI=1S/C27H22O8/c1-31-16-6-4-15(22(12-16)33-3)11-23-26(30)17-7-9-21-25(27(17)35-23)18(13-24(29)34-21)14-5-8-20(32-2)19(28)10-14/h4-12,18,28H,13H2,1-3H3/b23-11-/t18-/m1/s1. The van der Waals surface area contributed by atoms with Crippen molar-refractivity contribution in [3.8, 4) is 34.5 Å². The maximum atomic E-state index is 13.2. The summed E-state index contributed by atoms with van der Waals surface area (Å²) in [5.41, 5.74) is 2.24. The first-order valence-electron chi connectivity index (χ1n) is 10.8. The van der Waals surface area contributed by atoms with Crippen molar-refractivity contribution in [3.05, 3.63) is 76.5 Å². The Hall–Kier alpha value is -4.46. The van der Waals surface area contributed by atoms with E-state index in [0.29, 0.717) is 51.0 Å². The van der Waals surface area contributed by atoms with Gasteiger partial charge in [-0.2, -0.15) is 0 Å². The topological polar surface area (TPSA) is 101 Å². The molecule has 0 unspecified atom stereocenters. The Morgan fingerprint density at radius 2 is 1.71 bits per heavy atom. The Morgan fingerprint density at radius 1 is 0.914 bits per heavy atom. The van der Waals surface area contributed by atoms with Gasteiger partial charge in [0.2, 0.25) is 5.78 Å². The molecule has 0 spiro atoms. The van der Waals surface area contributed by atoms with Crippen LogP contribution in [0.1, 0.15) is 39.4 Å². The molecular weight excluding hydrogens is 452 g/mol. The van der Waals surface area contributed by atoms with Crippen molar-refractivity contribution in [2.24, 2.45) is 0 Å². The Labute approximate surface area is 201 Å². The number of phenols is 1. The number of esters is 1. The minimum absolute atomic E-state index is 0.0259. The van der Waals surface area contributed by atoms with Crippen LogP contribution in [-0.4, -0.2) is 38.2 Å². The molecule has 0 saturated carbocycles. The number of fused-ring (bicyclic) bond motifs is 3. The van der Waals surface area contributed by atoms with Gasteiger partial charge in [-0.3, -0.25) is 9.59 Å². The van der Waals surface area contributed by atoms with Crippen LogP contribution >= 0.6 is 0 Å². The number of hydrogen-bond acceptors (Lipinski definition) is 8. The lowest BCUT2D eigenvalue weighted by Crippen LogP contribution is -2.21. The molecule has 5 rings (SSSR count). The number of ether oxygens (including phenoxy) is 5. The van der Waals surface area contributed by atoms with Gasteiger partial charge in [-0.05, 0) is 48.0 Å². The van der Waals surface area contributed by atoms with Crippen LogP contribution in [0.2, 0.25) is 0 Å². The highest BCUT2D eigenvalue weighted by molar-refractivity contribution is 6.15. The molecule has 1 atom stereocenters. The average Bonchev–Trinajstić information content (AvgIpc) is 3.18. The Bertz CT molecular complexity index is 1390. The van der Waals surface area contributed by atoms with Crippen LogP contribution in [0.5, 0.6) is 34.5 Å². The van der Waals surface area contributed by atoms with Crippen molar-refractivity contribution in [1.82, 2.24) is 0 Å². The summed E-state index contributed by atoms with van der Waals surface area (Å²) >= 11 is 0. The molecule has 3 aromatic rings. The van der Waals surface area contributed by atoms with Crippen LogP contribution in [0.25, 0.3) is 6.08 Å². The first kappa shape index (κ1) is 22.3. The van der Waals surface area contributed by atoms with E-state index in [0.717, 1.165) is 0 Å². The summed E-state index contributed by atoms with van der Waals surface area (Å²) in [6.45, 7) is 0. The summed E-state index contributed by atoms with van der Waals surface area (Å²) in [6, 6.07) is 13.4. The summed E-state index contributed by atoms with van der Waals surface area (Å²) in [4.78, 5) is 25.6. The summed E-state index contributed by atoms with van der Waals surface area (Å²) in [7, 11) is 4.55. The molecule has 2 aliphatic rings. The second-order valence-electron chi connectivity index (χ2n) is 8.06. The number of methoxy groups -OCH3 is 3. The van der Waals surface area contributed by atoms with E-state index in [4.69, 9.17) is 23.7 Å². The van der Waals surface area contributed by atoms with Crippen molar-refractivity contribution >= 4 is 17.8 Å². The molecule has 2 heterocycles. The number of benzene rings is 3. The number of carbonyl (C=O) groups is 2. The van der Waals surface area contributed by atoms with Gasteiger partial charge < -0.3 is 28.8 Å². The minimum atomic E-state index is -0.485. The van der Waals surface area contributed by atoms with E-state index >= 15 is 0 Å². The third kappa shape index (κ3) is 3.82. The zero-order valence-electron chi connectivity index (χ0n) is 19.3. The van der Waals surface area contributed by atoms with Crippen molar-refractivity contribution in [1.29, 1.82) is 0 Å². The normalized spacial score (nSPS) is 17.3. The van der Waals surface area contributed by atoms with Gasteiger partial charge in [-0.15, -0.1) is 0 Å². The maximum absolute atomic E-state index is 13.2. The Kier molecular flexibility index (Phi) is 5.56. The van der Waals surface area contributed by atoms with Crippen LogP contribution in [-0.2, 0) is 4.79 Å². The second-order valence-corrected chi connectivity index (χ2v) is 8.06.